The lowest BCUT2D eigenvalue weighted by Crippen LogP contribution is -2.16. The van der Waals surface area contributed by atoms with Gasteiger partial charge in [-0.2, -0.15) is 0 Å². The van der Waals surface area contributed by atoms with Crippen LogP contribution in [0.3, 0.4) is 0 Å². The highest BCUT2D eigenvalue weighted by atomic mass is 16.5. The zero-order valence-corrected chi connectivity index (χ0v) is 12.7. The number of para-hydroxylation sites is 1. The minimum atomic E-state index is 0.365. The van der Waals surface area contributed by atoms with E-state index in [4.69, 9.17) is 9.47 Å². The van der Waals surface area contributed by atoms with E-state index in [-0.39, 0.29) is 0 Å². The maximum Gasteiger partial charge on any atom is 0.124 e. The highest BCUT2D eigenvalue weighted by molar-refractivity contribution is 5.35. The Balaban J connectivity index is 1.82. The van der Waals surface area contributed by atoms with E-state index in [1.54, 1.807) is 0 Å². The Bertz CT molecular complexity index is 384. The summed E-state index contributed by atoms with van der Waals surface area (Å²) < 4.78 is 11.6. The first-order chi connectivity index (χ1) is 9.85. The zero-order chi connectivity index (χ0) is 14.2. The highest BCUT2D eigenvalue weighted by Gasteiger charge is 2.15. The summed E-state index contributed by atoms with van der Waals surface area (Å²) in [6.45, 7) is 3.90. The van der Waals surface area contributed by atoms with E-state index < -0.39 is 0 Å². The second-order valence-electron chi connectivity index (χ2n) is 5.41. The van der Waals surface area contributed by atoms with Gasteiger partial charge in [-0.3, -0.25) is 0 Å². The first kappa shape index (κ1) is 15.3. The maximum absolute atomic E-state index is 5.99. The number of ether oxygens (including phenoxy) is 2. The molecule has 2 rings (SSSR count). The van der Waals surface area contributed by atoms with Crippen LogP contribution < -0.4 is 10.1 Å². The van der Waals surface area contributed by atoms with Crippen LogP contribution >= 0.6 is 0 Å². The highest BCUT2D eigenvalue weighted by Crippen LogP contribution is 2.27. The molecule has 1 heterocycles. The molecule has 0 aliphatic carbocycles. The summed E-state index contributed by atoms with van der Waals surface area (Å²) in [5, 5.41) is 3.34. The molecule has 0 bridgehead atoms. The summed E-state index contributed by atoms with van der Waals surface area (Å²) in [6, 6.07) is 8.71. The lowest BCUT2D eigenvalue weighted by atomic mass is 10.0. The van der Waals surface area contributed by atoms with Crippen molar-refractivity contribution in [2.75, 3.05) is 20.3 Å². The zero-order valence-electron chi connectivity index (χ0n) is 12.7. The van der Waals surface area contributed by atoms with Gasteiger partial charge < -0.3 is 14.8 Å². The smallest absolute Gasteiger partial charge is 0.124 e. The van der Waals surface area contributed by atoms with Gasteiger partial charge in [-0.1, -0.05) is 25.1 Å². The molecule has 20 heavy (non-hydrogen) atoms. The summed E-state index contributed by atoms with van der Waals surface area (Å²) in [5.41, 5.74) is 1.26. The van der Waals surface area contributed by atoms with Crippen LogP contribution in [-0.4, -0.2) is 26.4 Å². The van der Waals surface area contributed by atoms with Gasteiger partial charge in [0.15, 0.2) is 0 Å². The predicted octanol–water partition coefficient (Wildman–Crippen LogP) is 3.70. The molecule has 1 aromatic rings. The topological polar surface area (TPSA) is 30.5 Å². The first-order valence-electron chi connectivity index (χ1n) is 7.85. The summed E-state index contributed by atoms with van der Waals surface area (Å²) in [6.07, 6.45) is 6.14. The van der Waals surface area contributed by atoms with Gasteiger partial charge in [-0.05, 0) is 45.2 Å². The van der Waals surface area contributed by atoms with Gasteiger partial charge in [0.05, 0.1) is 12.7 Å². The van der Waals surface area contributed by atoms with E-state index in [9.17, 15) is 0 Å². The fourth-order valence-electron chi connectivity index (χ4n) is 2.84. The third-order valence-electron chi connectivity index (χ3n) is 4.00. The number of nitrogens with one attached hydrogen (secondary N) is 1. The minimum Gasteiger partial charge on any atom is -0.493 e. The van der Waals surface area contributed by atoms with Gasteiger partial charge in [0.1, 0.15) is 5.75 Å². The standard InChI is InChI=1S/C17H27NO2/c1-3-16(18-2)15-10-4-5-11-17(15)20-13-7-9-14-8-6-12-19-14/h4-5,10-11,14,16,18H,3,6-9,12-13H2,1-2H3. The molecule has 0 saturated carbocycles. The molecule has 2 unspecified atom stereocenters. The molecule has 112 valence electrons. The Morgan fingerprint density at radius 2 is 2.25 bits per heavy atom. The molecular formula is C17H27NO2. The lowest BCUT2D eigenvalue weighted by molar-refractivity contribution is 0.0980. The molecule has 1 aromatic carbocycles. The molecule has 3 nitrogen and oxygen atoms in total. The van der Waals surface area contributed by atoms with Crippen molar-refractivity contribution in [2.45, 2.75) is 51.2 Å². The molecule has 0 radical (unpaired) electrons. The van der Waals surface area contributed by atoms with Crippen molar-refractivity contribution >= 4 is 0 Å². The largest absolute Gasteiger partial charge is 0.493 e. The molecule has 1 fully saturated rings. The van der Waals surface area contributed by atoms with Crippen LogP contribution in [0, 0.1) is 0 Å². The van der Waals surface area contributed by atoms with Crippen molar-refractivity contribution in [3.8, 4) is 5.75 Å². The van der Waals surface area contributed by atoms with Crippen molar-refractivity contribution in [1.29, 1.82) is 0 Å². The Labute approximate surface area is 122 Å². The average Bonchev–Trinajstić information content (AvgIpc) is 2.99. The molecule has 0 aromatic heterocycles. The van der Waals surface area contributed by atoms with Crippen LogP contribution in [0.25, 0.3) is 0 Å². The van der Waals surface area contributed by atoms with Crippen LogP contribution in [0.2, 0.25) is 0 Å². The minimum absolute atomic E-state index is 0.365. The summed E-state index contributed by atoms with van der Waals surface area (Å²) in [7, 11) is 2.00. The Morgan fingerprint density at radius 1 is 1.40 bits per heavy atom. The van der Waals surface area contributed by atoms with Gasteiger partial charge in [-0.15, -0.1) is 0 Å². The second kappa shape index (κ2) is 8.28. The number of hydrogen-bond donors (Lipinski definition) is 1. The van der Waals surface area contributed by atoms with Crippen molar-refractivity contribution < 1.29 is 9.47 Å². The molecule has 1 aliphatic heterocycles. The Kier molecular flexibility index (Phi) is 6.34. The number of hydrogen-bond acceptors (Lipinski definition) is 3. The van der Waals surface area contributed by atoms with Crippen LogP contribution in [0.5, 0.6) is 5.75 Å². The van der Waals surface area contributed by atoms with Crippen molar-refractivity contribution in [3.05, 3.63) is 29.8 Å². The fraction of sp³-hybridized carbons (Fsp3) is 0.647. The predicted molar refractivity (Wildman–Crippen MR) is 82.2 cm³/mol. The van der Waals surface area contributed by atoms with Crippen LogP contribution in [0.4, 0.5) is 0 Å². The van der Waals surface area contributed by atoms with E-state index in [1.807, 2.05) is 13.1 Å². The molecule has 0 amide bonds. The van der Waals surface area contributed by atoms with Crippen LogP contribution in [-0.2, 0) is 4.74 Å². The average molecular weight is 277 g/mol. The van der Waals surface area contributed by atoms with Gasteiger partial charge in [0, 0.05) is 18.2 Å². The quantitative estimate of drug-likeness (QED) is 0.735. The lowest BCUT2D eigenvalue weighted by Gasteiger charge is -2.19. The Hall–Kier alpha value is -1.06. The van der Waals surface area contributed by atoms with E-state index in [1.165, 1.54) is 18.4 Å². The third kappa shape index (κ3) is 4.22. The summed E-state index contributed by atoms with van der Waals surface area (Å²) >= 11 is 0. The first-order valence-corrected chi connectivity index (χ1v) is 7.85. The normalized spacial score (nSPS) is 20.0. The maximum atomic E-state index is 5.99. The van der Waals surface area contributed by atoms with Crippen molar-refractivity contribution in [2.24, 2.45) is 0 Å². The monoisotopic (exact) mass is 277 g/mol. The summed E-state index contributed by atoms with van der Waals surface area (Å²) in [4.78, 5) is 0. The molecular weight excluding hydrogens is 250 g/mol. The second-order valence-corrected chi connectivity index (χ2v) is 5.41. The number of rotatable bonds is 8. The van der Waals surface area contributed by atoms with Gasteiger partial charge in [-0.25, -0.2) is 0 Å². The van der Waals surface area contributed by atoms with E-state index in [0.29, 0.717) is 12.1 Å². The van der Waals surface area contributed by atoms with Crippen molar-refractivity contribution in [3.63, 3.8) is 0 Å². The molecule has 1 aliphatic rings. The third-order valence-corrected chi connectivity index (χ3v) is 4.00. The fourth-order valence-corrected chi connectivity index (χ4v) is 2.84. The van der Waals surface area contributed by atoms with Crippen LogP contribution in [0.15, 0.2) is 24.3 Å². The SMILES string of the molecule is CCC(NC)c1ccccc1OCCCC1CCCO1. The van der Waals surface area contributed by atoms with Crippen molar-refractivity contribution in [1.82, 2.24) is 5.32 Å². The molecule has 2 atom stereocenters. The van der Waals surface area contributed by atoms with Gasteiger partial charge in [0.2, 0.25) is 0 Å². The summed E-state index contributed by atoms with van der Waals surface area (Å²) in [5.74, 6) is 1.01. The van der Waals surface area contributed by atoms with Gasteiger partial charge >= 0.3 is 0 Å². The van der Waals surface area contributed by atoms with Gasteiger partial charge in [0.25, 0.3) is 0 Å². The molecule has 1 saturated heterocycles. The van der Waals surface area contributed by atoms with E-state index in [2.05, 4.69) is 30.4 Å². The Morgan fingerprint density at radius 3 is 2.95 bits per heavy atom. The van der Waals surface area contributed by atoms with E-state index in [0.717, 1.165) is 38.2 Å². The number of benzene rings is 1. The molecule has 1 N–H and O–H groups in total. The van der Waals surface area contributed by atoms with E-state index >= 15 is 0 Å². The van der Waals surface area contributed by atoms with Crippen LogP contribution in [0.1, 0.15) is 50.6 Å². The molecule has 0 spiro atoms. The molecule has 3 heteroatoms.